The lowest BCUT2D eigenvalue weighted by molar-refractivity contribution is 0.447. The highest BCUT2D eigenvalue weighted by Gasteiger charge is 2.52. The molecule has 0 radical (unpaired) electrons. The van der Waals surface area contributed by atoms with Crippen LogP contribution < -0.4 is 9.64 Å². The highest BCUT2D eigenvalue weighted by atomic mass is 16.5. The fourth-order valence-electron chi connectivity index (χ4n) is 10.8. The zero-order valence-corrected chi connectivity index (χ0v) is 34.4. The zero-order valence-electron chi connectivity index (χ0n) is 34.4. The number of hydrogen-bond acceptors (Lipinski definition) is 2. The summed E-state index contributed by atoms with van der Waals surface area (Å²) in [5, 5.41) is 6.96. The summed E-state index contributed by atoms with van der Waals surface area (Å²) in [6.07, 6.45) is 0. The first-order valence-corrected chi connectivity index (χ1v) is 21.8. The van der Waals surface area contributed by atoms with Gasteiger partial charge >= 0.3 is 0 Å². The minimum Gasteiger partial charge on any atom is -0.455 e. The van der Waals surface area contributed by atoms with Crippen molar-refractivity contribution in [2.24, 2.45) is 0 Å². The van der Waals surface area contributed by atoms with Crippen molar-refractivity contribution in [1.29, 1.82) is 0 Å². The highest BCUT2D eigenvalue weighted by Crippen LogP contribution is 2.65. The summed E-state index contributed by atoms with van der Waals surface area (Å²) in [6.45, 7) is 0. The molecule has 11 aromatic rings. The predicted octanol–water partition coefficient (Wildman–Crippen LogP) is 16.4. The molecule has 0 aromatic heterocycles. The molecule has 13 rings (SSSR count). The normalized spacial score (nSPS) is 13.0. The smallest absolute Gasteiger partial charge is 0.140 e. The van der Waals surface area contributed by atoms with Crippen molar-refractivity contribution in [3.8, 4) is 44.9 Å². The molecule has 0 N–H and O–H groups in total. The third kappa shape index (κ3) is 5.19. The first-order valence-electron chi connectivity index (χ1n) is 21.8. The summed E-state index contributed by atoms with van der Waals surface area (Å²) >= 11 is 0. The van der Waals surface area contributed by atoms with Crippen molar-refractivity contribution >= 4 is 49.4 Å². The SMILES string of the molecule is c1ccc(-c2ccccc2N(c2ccc3ccccc3c2)c2ccccc2-c2cccc3c2-c2ccccc2C32c3ccc4ccccc4c3Oc3c2ccc2ccccc32)cc1. The Kier molecular flexibility index (Phi) is 7.85. The van der Waals surface area contributed by atoms with Gasteiger partial charge in [-0.15, -0.1) is 0 Å². The number of nitrogens with zero attached hydrogens (tertiary/aromatic N) is 1. The van der Waals surface area contributed by atoms with Crippen LogP contribution in [0, 0.1) is 0 Å². The van der Waals surface area contributed by atoms with Crippen LogP contribution in [0.2, 0.25) is 0 Å². The van der Waals surface area contributed by atoms with Gasteiger partial charge in [0.1, 0.15) is 11.5 Å². The topological polar surface area (TPSA) is 12.5 Å². The fraction of sp³-hybridized carbons (Fsp3) is 0.0164. The van der Waals surface area contributed by atoms with Crippen LogP contribution in [0.4, 0.5) is 17.1 Å². The Hall–Kier alpha value is -8.20. The highest BCUT2D eigenvalue weighted by molar-refractivity contribution is 6.05. The van der Waals surface area contributed by atoms with Gasteiger partial charge in [-0.2, -0.15) is 0 Å². The van der Waals surface area contributed by atoms with E-state index in [1.165, 1.54) is 49.7 Å². The van der Waals surface area contributed by atoms with E-state index in [4.69, 9.17) is 4.74 Å². The summed E-state index contributed by atoms with van der Waals surface area (Å²) in [4.78, 5) is 2.47. The molecule has 2 heteroatoms. The Labute approximate surface area is 366 Å². The second kappa shape index (κ2) is 13.9. The molecule has 11 aromatic carbocycles. The van der Waals surface area contributed by atoms with Crippen molar-refractivity contribution in [2.45, 2.75) is 5.41 Å². The van der Waals surface area contributed by atoms with E-state index in [-0.39, 0.29) is 0 Å². The van der Waals surface area contributed by atoms with Gasteiger partial charge in [-0.05, 0) is 79.2 Å². The molecule has 1 spiro atoms. The van der Waals surface area contributed by atoms with Crippen LogP contribution in [0.25, 0.3) is 65.7 Å². The van der Waals surface area contributed by atoms with Gasteiger partial charge in [0.25, 0.3) is 0 Å². The van der Waals surface area contributed by atoms with Gasteiger partial charge in [0.05, 0.1) is 16.8 Å². The first-order chi connectivity index (χ1) is 31.3. The average Bonchev–Trinajstić information content (AvgIpc) is 3.65. The van der Waals surface area contributed by atoms with Gasteiger partial charge in [0, 0.05) is 38.7 Å². The Balaban J connectivity index is 1.12. The molecule has 0 saturated heterocycles. The first kappa shape index (κ1) is 35.5. The molecule has 0 atom stereocenters. The van der Waals surface area contributed by atoms with Gasteiger partial charge < -0.3 is 9.64 Å². The molecule has 2 nitrogen and oxygen atoms in total. The van der Waals surface area contributed by atoms with Crippen LogP contribution in [0.1, 0.15) is 22.3 Å². The summed E-state index contributed by atoms with van der Waals surface area (Å²) in [5.41, 5.74) is 14.7. The number of anilines is 3. The van der Waals surface area contributed by atoms with Gasteiger partial charge in [-0.25, -0.2) is 0 Å². The van der Waals surface area contributed by atoms with Gasteiger partial charge in [0.2, 0.25) is 0 Å². The van der Waals surface area contributed by atoms with E-state index in [0.29, 0.717) is 0 Å². The van der Waals surface area contributed by atoms with Gasteiger partial charge in [-0.3, -0.25) is 0 Å². The number of rotatable bonds is 5. The molecule has 63 heavy (non-hydrogen) atoms. The standard InChI is InChI=1S/C61H39NO/c1-2-18-41(19-3-1)46-23-11-14-31-56(46)62(45-36-33-40-17-4-5-22-44(40)39-45)57-32-15-12-26-49(57)50-28-16-30-53-58(50)51-27-10-13-29-52(51)61(53)54-37-34-42-20-6-8-24-47(42)59(54)63-60-48-25-9-7-21-43(48)35-38-55(60)61/h1-39H. The lowest BCUT2D eigenvalue weighted by Crippen LogP contribution is -2.32. The Bertz CT molecular complexity index is 3540. The molecule has 0 amide bonds. The molecule has 0 bridgehead atoms. The van der Waals surface area contributed by atoms with Crippen molar-refractivity contribution in [2.75, 3.05) is 4.90 Å². The van der Waals surface area contributed by atoms with Crippen LogP contribution in [0.5, 0.6) is 11.5 Å². The number of para-hydroxylation sites is 2. The van der Waals surface area contributed by atoms with E-state index in [0.717, 1.165) is 66.8 Å². The van der Waals surface area contributed by atoms with E-state index in [1.807, 2.05) is 0 Å². The zero-order chi connectivity index (χ0) is 41.5. The average molecular weight is 802 g/mol. The lowest BCUT2D eigenvalue weighted by atomic mass is 9.65. The molecule has 1 aliphatic carbocycles. The third-order valence-corrected chi connectivity index (χ3v) is 13.5. The number of ether oxygens (including phenoxy) is 1. The minimum atomic E-state index is -0.647. The lowest BCUT2D eigenvalue weighted by Gasteiger charge is -2.40. The van der Waals surface area contributed by atoms with E-state index < -0.39 is 5.41 Å². The second-order valence-corrected chi connectivity index (χ2v) is 16.7. The summed E-state index contributed by atoms with van der Waals surface area (Å²) in [7, 11) is 0. The Morgan fingerprint density at radius 1 is 0.317 bits per heavy atom. The maximum atomic E-state index is 7.26. The minimum absolute atomic E-state index is 0.647. The Morgan fingerprint density at radius 3 is 1.54 bits per heavy atom. The maximum Gasteiger partial charge on any atom is 0.140 e. The van der Waals surface area contributed by atoms with Crippen LogP contribution in [0.3, 0.4) is 0 Å². The summed E-state index contributed by atoms with van der Waals surface area (Å²) in [5.74, 6) is 1.84. The molecule has 1 aliphatic heterocycles. The van der Waals surface area contributed by atoms with Crippen molar-refractivity contribution in [3.63, 3.8) is 0 Å². The van der Waals surface area contributed by atoms with Gasteiger partial charge in [0.15, 0.2) is 0 Å². The van der Waals surface area contributed by atoms with Crippen LogP contribution in [-0.2, 0) is 5.41 Å². The van der Waals surface area contributed by atoms with Crippen molar-refractivity contribution < 1.29 is 4.74 Å². The van der Waals surface area contributed by atoms with E-state index >= 15 is 0 Å². The fourth-order valence-corrected chi connectivity index (χ4v) is 10.8. The van der Waals surface area contributed by atoms with Gasteiger partial charge in [-0.1, -0.05) is 212 Å². The number of hydrogen-bond donors (Lipinski definition) is 0. The van der Waals surface area contributed by atoms with E-state index in [2.05, 4.69) is 241 Å². The molecule has 0 unspecified atom stereocenters. The van der Waals surface area contributed by atoms with Crippen LogP contribution in [0.15, 0.2) is 237 Å². The second-order valence-electron chi connectivity index (χ2n) is 16.7. The summed E-state index contributed by atoms with van der Waals surface area (Å²) < 4.78 is 7.26. The molecular weight excluding hydrogens is 763 g/mol. The van der Waals surface area contributed by atoms with E-state index in [9.17, 15) is 0 Å². The molecule has 1 heterocycles. The molecule has 2 aliphatic rings. The van der Waals surface area contributed by atoms with E-state index in [1.54, 1.807) is 0 Å². The monoisotopic (exact) mass is 801 g/mol. The molecule has 0 fully saturated rings. The third-order valence-electron chi connectivity index (χ3n) is 13.5. The number of benzene rings is 11. The van der Waals surface area contributed by atoms with Crippen molar-refractivity contribution in [3.05, 3.63) is 259 Å². The molecule has 0 saturated carbocycles. The number of fused-ring (bicyclic) bond motifs is 14. The largest absolute Gasteiger partial charge is 0.455 e. The Morgan fingerprint density at radius 2 is 0.825 bits per heavy atom. The molecular formula is C61H39NO. The predicted molar refractivity (Wildman–Crippen MR) is 262 cm³/mol. The molecule has 294 valence electrons. The maximum absolute atomic E-state index is 7.26. The van der Waals surface area contributed by atoms with Crippen LogP contribution in [-0.4, -0.2) is 0 Å². The van der Waals surface area contributed by atoms with Crippen LogP contribution >= 0.6 is 0 Å². The van der Waals surface area contributed by atoms with Crippen molar-refractivity contribution in [1.82, 2.24) is 0 Å². The summed E-state index contributed by atoms with van der Waals surface area (Å²) in [6, 6.07) is 86.5. The quantitative estimate of drug-likeness (QED) is 0.172.